The molecule has 5 heteroatoms. The van der Waals surface area contributed by atoms with E-state index in [1.807, 2.05) is 12.6 Å². The van der Waals surface area contributed by atoms with Gasteiger partial charge in [-0.05, 0) is 38.6 Å². The summed E-state index contributed by atoms with van der Waals surface area (Å²) in [5.74, 6) is 0.964. The van der Waals surface area contributed by atoms with Gasteiger partial charge in [-0.3, -0.25) is 4.79 Å². The van der Waals surface area contributed by atoms with Crippen LogP contribution in [0.15, 0.2) is 10.9 Å². The maximum Gasteiger partial charge on any atom is 0.240 e. The van der Waals surface area contributed by atoms with Gasteiger partial charge < -0.3 is 10.2 Å². The lowest BCUT2D eigenvalue weighted by Gasteiger charge is -2.31. The van der Waals surface area contributed by atoms with E-state index in [9.17, 15) is 4.79 Å². The van der Waals surface area contributed by atoms with Crippen LogP contribution in [0.1, 0.15) is 37.8 Å². The van der Waals surface area contributed by atoms with Crippen molar-refractivity contribution < 1.29 is 4.79 Å². The van der Waals surface area contributed by atoms with Gasteiger partial charge in [-0.15, -0.1) is 11.3 Å². The summed E-state index contributed by atoms with van der Waals surface area (Å²) in [5.41, 5.74) is 2.88. The Hall–Kier alpha value is -0.940. The number of thiazole rings is 1. The topological polar surface area (TPSA) is 45.2 Å². The van der Waals surface area contributed by atoms with E-state index in [-0.39, 0.29) is 11.9 Å². The van der Waals surface area contributed by atoms with Crippen molar-refractivity contribution in [3.8, 4) is 0 Å². The van der Waals surface area contributed by atoms with Crippen molar-refractivity contribution in [1.29, 1.82) is 0 Å². The lowest BCUT2D eigenvalue weighted by molar-refractivity contribution is -0.136. The third-order valence-corrected chi connectivity index (χ3v) is 5.23. The molecule has 1 aliphatic carbocycles. The molecule has 1 saturated heterocycles. The highest BCUT2D eigenvalue weighted by Gasteiger charge is 2.40. The Bertz CT molecular complexity index is 434. The minimum Gasteiger partial charge on any atom is -0.332 e. The summed E-state index contributed by atoms with van der Waals surface area (Å²) >= 11 is 1.60. The minimum atomic E-state index is -0.00997. The molecule has 19 heavy (non-hydrogen) atoms. The molecule has 1 aromatic rings. The first-order valence-electron chi connectivity index (χ1n) is 7.14. The molecule has 2 fully saturated rings. The molecule has 2 aliphatic rings. The number of likely N-dealkylation sites (N-methyl/N-ethyl adjacent to an activating group) is 1. The van der Waals surface area contributed by atoms with Gasteiger partial charge in [-0.25, -0.2) is 4.98 Å². The molecule has 2 heterocycles. The molecule has 1 amide bonds. The van der Waals surface area contributed by atoms with E-state index < -0.39 is 0 Å². The van der Waals surface area contributed by atoms with Crippen molar-refractivity contribution in [2.24, 2.45) is 5.92 Å². The Morgan fingerprint density at radius 1 is 1.42 bits per heavy atom. The standard InChI is InChI=1S/C14H21N3OS/c1-15-12-6-5-10-3-2-4-13(10)17(14(12)18)7-11-8-19-9-16-11/h8-10,12-13,15H,2-7H2,1H3. The number of likely N-dealkylation sites (tertiary alicyclic amines) is 1. The third-order valence-electron chi connectivity index (χ3n) is 4.59. The van der Waals surface area contributed by atoms with Gasteiger partial charge in [-0.1, -0.05) is 6.42 Å². The second kappa shape index (κ2) is 5.59. The van der Waals surface area contributed by atoms with Gasteiger partial charge in [0.05, 0.1) is 23.8 Å². The van der Waals surface area contributed by atoms with Crippen LogP contribution in [0, 0.1) is 5.92 Å². The lowest BCUT2D eigenvalue weighted by atomic mass is 9.97. The molecule has 3 atom stereocenters. The number of aromatic nitrogens is 1. The fraction of sp³-hybridized carbons (Fsp3) is 0.714. The first-order valence-corrected chi connectivity index (χ1v) is 8.08. The summed E-state index contributed by atoms with van der Waals surface area (Å²) in [6.07, 6.45) is 5.86. The highest BCUT2D eigenvalue weighted by Crippen LogP contribution is 2.37. The number of carbonyl (C=O) groups is 1. The minimum absolute atomic E-state index is 0.00997. The number of rotatable bonds is 3. The fourth-order valence-corrected chi connectivity index (χ4v) is 4.13. The summed E-state index contributed by atoms with van der Waals surface area (Å²) in [5, 5.41) is 5.24. The molecule has 1 aromatic heterocycles. The van der Waals surface area contributed by atoms with Crippen LogP contribution >= 0.6 is 11.3 Å². The first kappa shape index (κ1) is 13.1. The molecule has 3 unspecified atom stereocenters. The average molecular weight is 279 g/mol. The number of carbonyl (C=O) groups excluding carboxylic acids is 1. The van der Waals surface area contributed by atoms with Crippen LogP contribution in [0.25, 0.3) is 0 Å². The van der Waals surface area contributed by atoms with Gasteiger partial charge in [-0.2, -0.15) is 0 Å². The summed E-state index contributed by atoms with van der Waals surface area (Å²) in [4.78, 5) is 19.1. The Morgan fingerprint density at radius 2 is 2.32 bits per heavy atom. The number of hydrogen-bond acceptors (Lipinski definition) is 4. The third kappa shape index (κ3) is 2.54. The summed E-state index contributed by atoms with van der Waals surface area (Å²) < 4.78 is 0. The molecule has 0 spiro atoms. The maximum atomic E-state index is 12.7. The fourth-order valence-electron chi connectivity index (χ4n) is 3.59. The number of amides is 1. The molecule has 0 bridgehead atoms. The van der Waals surface area contributed by atoms with Crippen molar-refractivity contribution in [3.63, 3.8) is 0 Å². The molecule has 0 radical (unpaired) electrons. The van der Waals surface area contributed by atoms with E-state index in [1.54, 1.807) is 11.3 Å². The summed E-state index contributed by atoms with van der Waals surface area (Å²) in [7, 11) is 1.89. The predicted molar refractivity (Wildman–Crippen MR) is 75.9 cm³/mol. The number of nitrogens with one attached hydrogen (secondary N) is 1. The van der Waals surface area contributed by atoms with Gasteiger partial charge in [0.15, 0.2) is 0 Å². The zero-order valence-electron chi connectivity index (χ0n) is 11.3. The van der Waals surface area contributed by atoms with E-state index in [0.717, 1.165) is 18.5 Å². The van der Waals surface area contributed by atoms with Gasteiger partial charge >= 0.3 is 0 Å². The Balaban J connectivity index is 1.84. The zero-order valence-corrected chi connectivity index (χ0v) is 12.2. The number of fused-ring (bicyclic) bond motifs is 1. The maximum absolute atomic E-state index is 12.7. The largest absolute Gasteiger partial charge is 0.332 e. The molecule has 1 N–H and O–H groups in total. The number of nitrogens with zero attached hydrogens (tertiary/aromatic N) is 2. The Morgan fingerprint density at radius 3 is 3.05 bits per heavy atom. The van der Waals surface area contributed by atoms with E-state index in [2.05, 4.69) is 20.6 Å². The Labute approximate surface area is 118 Å². The van der Waals surface area contributed by atoms with E-state index in [1.165, 1.54) is 19.3 Å². The molecular formula is C14H21N3OS. The molecule has 1 saturated carbocycles. The van der Waals surface area contributed by atoms with Crippen LogP contribution in [0.2, 0.25) is 0 Å². The molecule has 3 rings (SSSR count). The molecular weight excluding hydrogens is 258 g/mol. The first-order chi connectivity index (χ1) is 9.29. The quantitative estimate of drug-likeness (QED) is 0.920. The summed E-state index contributed by atoms with van der Waals surface area (Å²) in [6, 6.07) is 0.428. The second-order valence-corrected chi connectivity index (χ2v) is 6.34. The van der Waals surface area contributed by atoms with Gasteiger partial charge in [0.2, 0.25) is 5.91 Å². The van der Waals surface area contributed by atoms with Crippen molar-refractivity contribution in [1.82, 2.24) is 15.2 Å². The van der Waals surface area contributed by atoms with Gasteiger partial charge in [0, 0.05) is 11.4 Å². The number of hydrogen-bond donors (Lipinski definition) is 1. The van der Waals surface area contributed by atoms with Crippen molar-refractivity contribution in [2.45, 2.75) is 50.7 Å². The van der Waals surface area contributed by atoms with E-state index in [4.69, 9.17) is 0 Å². The van der Waals surface area contributed by atoms with Crippen LogP contribution < -0.4 is 5.32 Å². The normalized spacial score (nSPS) is 31.3. The van der Waals surface area contributed by atoms with Crippen molar-refractivity contribution in [3.05, 3.63) is 16.6 Å². The lowest BCUT2D eigenvalue weighted by Crippen LogP contribution is -2.47. The van der Waals surface area contributed by atoms with Crippen LogP contribution in [-0.4, -0.2) is 34.9 Å². The van der Waals surface area contributed by atoms with Crippen molar-refractivity contribution in [2.75, 3.05) is 7.05 Å². The van der Waals surface area contributed by atoms with Crippen LogP contribution in [0.3, 0.4) is 0 Å². The SMILES string of the molecule is CNC1CCC2CCCC2N(Cc2cscn2)C1=O. The highest BCUT2D eigenvalue weighted by atomic mass is 32.1. The van der Waals surface area contributed by atoms with Crippen LogP contribution in [0.4, 0.5) is 0 Å². The molecule has 4 nitrogen and oxygen atoms in total. The summed E-state index contributed by atoms with van der Waals surface area (Å²) in [6.45, 7) is 0.682. The van der Waals surface area contributed by atoms with Crippen LogP contribution in [-0.2, 0) is 11.3 Å². The van der Waals surface area contributed by atoms with E-state index >= 15 is 0 Å². The average Bonchev–Trinajstić information content (AvgIpc) is 3.05. The molecule has 0 aromatic carbocycles. The van der Waals surface area contributed by atoms with Gasteiger partial charge in [0.25, 0.3) is 0 Å². The predicted octanol–water partition coefficient (Wildman–Crippen LogP) is 2.02. The molecule has 104 valence electrons. The van der Waals surface area contributed by atoms with Crippen molar-refractivity contribution >= 4 is 17.2 Å². The Kier molecular flexibility index (Phi) is 3.84. The van der Waals surface area contributed by atoms with Gasteiger partial charge in [0.1, 0.15) is 0 Å². The smallest absolute Gasteiger partial charge is 0.240 e. The van der Waals surface area contributed by atoms with Crippen LogP contribution in [0.5, 0.6) is 0 Å². The highest BCUT2D eigenvalue weighted by molar-refractivity contribution is 7.07. The second-order valence-electron chi connectivity index (χ2n) is 5.62. The monoisotopic (exact) mass is 279 g/mol. The molecule has 1 aliphatic heterocycles. The van der Waals surface area contributed by atoms with E-state index in [0.29, 0.717) is 18.5 Å². The zero-order chi connectivity index (χ0) is 13.2.